The number of aliphatic hydroxyl groups excluding tert-OH is 2. The third kappa shape index (κ3) is 4.48. The van der Waals surface area contributed by atoms with E-state index in [4.69, 9.17) is 4.74 Å². The average Bonchev–Trinajstić information content (AvgIpc) is 3.46. The van der Waals surface area contributed by atoms with Gasteiger partial charge in [-0.1, -0.05) is 26.8 Å². The quantitative estimate of drug-likeness (QED) is 0.414. The highest BCUT2D eigenvalue weighted by Crippen LogP contribution is 2.52. The van der Waals surface area contributed by atoms with Crippen molar-refractivity contribution in [3.63, 3.8) is 0 Å². The minimum Gasteiger partial charge on any atom is -0.494 e. The van der Waals surface area contributed by atoms with Crippen molar-refractivity contribution in [2.45, 2.75) is 63.4 Å². The zero-order valence-electron chi connectivity index (χ0n) is 21.1. The summed E-state index contributed by atoms with van der Waals surface area (Å²) in [4.78, 5) is 13.4. The molecule has 0 bridgehead atoms. The van der Waals surface area contributed by atoms with Crippen LogP contribution in [-0.4, -0.2) is 46.8 Å². The summed E-state index contributed by atoms with van der Waals surface area (Å²) in [6.07, 6.45) is -3.53. The predicted octanol–water partition coefficient (Wildman–Crippen LogP) is 4.78. The molecule has 0 radical (unpaired) electrons. The van der Waals surface area contributed by atoms with Gasteiger partial charge < -0.3 is 34.3 Å². The maximum Gasteiger partial charge on any atom is 0.586 e. The number of benzene rings is 2. The van der Waals surface area contributed by atoms with Crippen LogP contribution in [0.5, 0.6) is 17.2 Å². The van der Waals surface area contributed by atoms with Crippen molar-refractivity contribution in [3.8, 4) is 17.2 Å². The Hall–Kier alpha value is -3.37. The number of carbonyl (C=O) groups is 1. The van der Waals surface area contributed by atoms with Crippen molar-refractivity contribution in [2.75, 3.05) is 19.0 Å². The van der Waals surface area contributed by atoms with Gasteiger partial charge in [-0.05, 0) is 42.7 Å². The number of alkyl halides is 2. The molecular formula is C27H34F2N2O6. The first-order valence-electron chi connectivity index (χ1n) is 12.1. The van der Waals surface area contributed by atoms with Crippen LogP contribution in [0.25, 0.3) is 10.9 Å². The lowest BCUT2D eigenvalue weighted by Crippen LogP contribution is -2.28. The summed E-state index contributed by atoms with van der Waals surface area (Å²) < 4.78 is 43.6. The smallest absolute Gasteiger partial charge is 0.494 e. The molecule has 1 atom stereocenters. The van der Waals surface area contributed by atoms with E-state index in [1.807, 2.05) is 16.7 Å². The number of hydrogen-bond donors (Lipinski definition) is 3. The highest BCUT2D eigenvalue weighted by molar-refractivity contribution is 6.03. The minimum atomic E-state index is -3.72. The number of hydrogen-bond acceptors (Lipinski definition) is 6. The number of aromatic nitrogens is 1. The molecule has 3 N–H and O–H groups in total. The molecule has 1 fully saturated rings. The van der Waals surface area contributed by atoms with Crippen LogP contribution in [0.15, 0.2) is 36.4 Å². The van der Waals surface area contributed by atoms with Crippen molar-refractivity contribution in [1.29, 1.82) is 0 Å². The number of fused-ring (bicyclic) bond motifs is 2. The summed E-state index contributed by atoms with van der Waals surface area (Å²) in [5.41, 5.74) is 1.66. The van der Waals surface area contributed by atoms with Gasteiger partial charge in [-0.15, -0.1) is 8.78 Å². The van der Waals surface area contributed by atoms with Crippen molar-refractivity contribution in [3.05, 3.63) is 47.7 Å². The topological polar surface area (TPSA) is 102 Å². The summed E-state index contributed by atoms with van der Waals surface area (Å²) in [7, 11) is 1.53. The standard InChI is InChI=1S/C27H30F2N2O6.2H2/c1-25(2,3)22-10-15-9-17(12-21(35-4)23(15)31(22)13-18(33)14-32)30-24(34)26(7-8-26)16-5-6-19-20(11-16)37-27(28,29)36-19;;/h5-6,9-12,18,32-33H,7-8,13-14H2,1-4H3,(H,30,34);2*1H/t18-;;/m1../s1. The second-order valence-electron chi connectivity index (χ2n) is 10.7. The van der Waals surface area contributed by atoms with Crippen LogP contribution in [0.1, 0.15) is 47.7 Å². The molecule has 1 amide bonds. The predicted molar refractivity (Wildman–Crippen MR) is 137 cm³/mol. The molecule has 8 nitrogen and oxygen atoms in total. The molecule has 2 heterocycles. The maximum atomic E-state index is 13.5. The fourth-order valence-electron chi connectivity index (χ4n) is 4.95. The Morgan fingerprint density at radius 1 is 1.19 bits per heavy atom. The molecule has 37 heavy (non-hydrogen) atoms. The number of aliphatic hydroxyl groups is 2. The lowest BCUT2D eigenvalue weighted by Gasteiger charge is -2.24. The molecule has 0 spiro atoms. The molecule has 0 unspecified atom stereocenters. The van der Waals surface area contributed by atoms with Gasteiger partial charge >= 0.3 is 6.29 Å². The van der Waals surface area contributed by atoms with Crippen LogP contribution in [0.2, 0.25) is 0 Å². The lowest BCUT2D eigenvalue weighted by atomic mass is 9.92. The first kappa shape index (κ1) is 25.3. The van der Waals surface area contributed by atoms with Gasteiger partial charge in [0.05, 0.1) is 37.3 Å². The van der Waals surface area contributed by atoms with E-state index in [2.05, 4.69) is 35.6 Å². The Labute approximate surface area is 215 Å². The van der Waals surface area contributed by atoms with Gasteiger partial charge in [0.1, 0.15) is 5.75 Å². The van der Waals surface area contributed by atoms with Gasteiger partial charge in [-0.3, -0.25) is 4.79 Å². The number of amides is 1. The van der Waals surface area contributed by atoms with Crippen LogP contribution in [0, 0.1) is 0 Å². The Balaban J connectivity index is 0.00000210. The van der Waals surface area contributed by atoms with Gasteiger partial charge in [0.25, 0.3) is 0 Å². The highest BCUT2D eigenvalue weighted by Gasteiger charge is 2.53. The summed E-state index contributed by atoms with van der Waals surface area (Å²) in [6.45, 7) is 5.96. The average molecular weight is 521 g/mol. The number of methoxy groups -OCH3 is 1. The summed E-state index contributed by atoms with van der Waals surface area (Å²) >= 11 is 0. The fraction of sp³-hybridized carbons (Fsp3) is 0.444. The van der Waals surface area contributed by atoms with Crippen LogP contribution < -0.4 is 19.5 Å². The van der Waals surface area contributed by atoms with Gasteiger partial charge in [-0.25, -0.2) is 0 Å². The first-order chi connectivity index (χ1) is 17.4. The van der Waals surface area contributed by atoms with Gasteiger partial charge in [0, 0.05) is 31.1 Å². The van der Waals surface area contributed by atoms with Gasteiger partial charge in [0.2, 0.25) is 5.91 Å². The van der Waals surface area contributed by atoms with E-state index in [-0.39, 0.29) is 38.8 Å². The van der Waals surface area contributed by atoms with Crippen LogP contribution in [0.4, 0.5) is 14.5 Å². The van der Waals surface area contributed by atoms with E-state index in [0.29, 0.717) is 29.8 Å². The number of rotatable bonds is 7. The van der Waals surface area contributed by atoms with Crippen molar-refractivity contribution in [1.82, 2.24) is 4.57 Å². The van der Waals surface area contributed by atoms with Crippen LogP contribution >= 0.6 is 0 Å². The highest BCUT2D eigenvalue weighted by atomic mass is 19.3. The Morgan fingerprint density at radius 3 is 2.51 bits per heavy atom. The molecule has 10 heteroatoms. The molecule has 3 aromatic rings. The third-order valence-corrected chi connectivity index (χ3v) is 6.95. The van der Waals surface area contributed by atoms with E-state index in [9.17, 15) is 23.8 Å². The van der Waals surface area contributed by atoms with E-state index in [1.54, 1.807) is 12.1 Å². The van der Waals surface area contributed by atoms with Crippen LogP contribution in [0.3, 0.4) is 0 Å². The molecule has 5 rings (SSSR count). The second kappa shape index (κ2) is 8.59. The van der Waals surface area contributed by atoms with E-state index in [0.717, 1.165) is 16.6 Å². The Morgan fingerprint density at radius 2 is 1.89 bits per heavy atom. The van der Waals surface area contributed by atoms with Crippen molar-refractivity contribution < 1.29 is 40.9 Å². The third-order valence-electron chi connectivity index (χ3n) is 6.95. The Bertz CT molecular complexity index is 1380. The van der Waals surface area contributed by atoms with Gasteiger partial charge in [-0.2, -0.15) is 0 Å². The number of nitrogens with zero attached hydrogens (tertiary/aromatic N) is 1. The number of anilines is 1. The van der Waals surface area contributed by atoms with Crippen molar-refractivity contribution in [2.24, 2.45) is 0 Å². The molecule has 0 saturated heterocycles. The molecule has 1 saturated carbocycles. The monoisotopic (exact) mass is 520 g/mol. The van der Waals surface area contributed by atoms with Gasteiger partial charge in [0.15, 0.2) is 11.5 Å². The van der Waals surface area contributed by atoms with E-state index < -0.39 is 17.8 Å². The molecular weight excluding hydrogens is 486 g/mol. The molecule has 1 aliphatic heterocycles. The molecule has 202 valence electrons. The largest absolute Gasteiger partial charge is 0.586 e. The van der Waals surface area contributed by atoms with Crippen molar-refractivity contribution >= 4 is 22.5 Å². The summed E-state index contributed by atoms with van der Waals surface area (Å²) in [6, 6.07) is 9.99. The number of nitrogens with one attached hydrogen (secondary N) is 1. The number of carbonyl (C=O) groups excluding carboxylic acids is 1. The SMILES string of the molecule is COc1cc(NC(=O)C2(c3ccc4c(c3)OC(F)(F)O4)CC2)cc2cc(C(C)(C)C)n(C[C@@H](O)CO)c12.[HH].[HH]. The first-order valence-corrected chi connectivity index (χ1v) is 12.1. The maximum absolute atomic E-state index is 13.5. The Kier molecular flexibility index (Phi) is 5.87. The fourth-order valence-corrected chi connectivity index (χ4v) is 4.95. The van der Waals surface area contributed by atoms with E-state index >= 15 is 0 Å². The number of ether oxygens (including phenoxy) is 3. The van der Waals surface area contributed by atoms with E-state index in [1.165, 1.54) is 19.2 Å². The zero-order chi connectivity index (χ0) is 26.8. The number of halogens is 2. The van der Waals surface area contributed by atoms with Crippen LogP contribution in [-0.2, 0) is 22.2 Å². The second-order valence-corrected chi connectivity index (χ2v) is 10.7. The normalized spacial score (nSPS) is 18.1. The molecule has 1 aromatic heterocycles. The molecule has 2 aliphatic rings. The lowest BCUT2D eigenvalue weighted by molar-refractivity contribution is -0.286. The summed E-state index contributed by atoms with van der Waals surface area (Å²) in [5, 5.41) is 23.4. The molecule has 1 aliphatic carbocycles. The zero-order valence-corrected chi connectivity index (χ0v) is 21.1. The minimum absolute atomic E-state index is 0. The molecule has 2 aromatic carbocycles. The summed E-state index contributed by atoms with van der Waals surface area (Å²) in [5.74, 6) is 0.0886.